The van der Waals surface area contributed by atoms with Gasteiger partial charge in [0.25, 0.3) is 5.91 Å². The van der Waals surface area contributed by atoms with Crippen LogP contribution in [0.25, 0.3) is 0 Å². The molecule has 0 saturated carbocycles. The van der Waals surface area contributed by atoms with E-state index >= 15 is 0 Å². The van der Waals surface area contributed by atoms with Gasteiger partial charge in [0.05, 0.1) is 7.11 Å². The number of carbonyl (C=O) groups excluding carboxylic acids is 2. The number of benzene rings is 1. The van der Waals surface area contributed by atoms with Crippen molar-refractivity contribution >= 4 is 11.9 Å². The van der Waals surface area contributed by atoms with Crippen molar-refractivity contribution in [1.29, 1.82) is 0 Å². The summed E-state index contributed by atoms with van der Waals surface area (Å²) < 4.78 is 5.12. The molecule has 138 valence electrons. The Morgan fingerprint density at radius 3 is 2.28 bits per heavy atom. The lowest BCUT2D eigenvalue weighted by molar-refractivity contribution is 0.0708. The van der Waals surface area contributed by atoms with Crippen LogP contribution < -0.4 is 15.4 Å². The minimum absolute atomic E-state index is 0.0262. The first-order chi connectivity index (χ1) is 11.8. The molecule has 6 heteroatoms. The molecule has 25 heavy (non-hydrogen) atoms. The van der Waals surface area contributed by atoms with E-state index in [-0.39, 0.29) is 23.4 Å². The highest BCUT2D eigenvalue weighted by molar-refractivity contribution is 5.94. The van der Waals surface area contributed by atoms with Crippen molar-refractivity contribution < 1.29 is 14.3 Å². The Morgan fingerprint density at radius 1 is 1.16 bits per heavy atom. The van der Waals surface area contributed by atoms with Gasteiger partial charge in [-0.1, -0.05) is 20.8 Å². The van der Waals surface area contributed by atoms with Gasteiger partial charge in [-0.05, 0) is 42.5 Å². The molecule has 1 aromatic rings. The predicted octanol–water partition coefficient (Wildman–Crippen LogP) is 2.65. The van der Waals surface area contributed by atoms with E-state index in [0.717, 1.165) is 18.6 Å². The van der Waals surface area contributed by atoms with Gasteiger partial charge in [-0.2, -0.15) is 0 Å². The smallest absolute Gasteiger partial charge is 0.315 e. The average molecular weight is 347 g/mol. The zero-order valence-electron chi connectivity index (χ0n) is 15.6. The van der Waals surface area contributed by atoms with Gasteiger partial charge in [-0.25, -0.2) is 4.79 Å². The van der Waals surface area contributed by atoms with E-state index in [9.17, 15) is 9.59 Å². The number of piperidine rings is 1. The SMILES string of the molecule is COc1ccc(C(=O)N2CCC(NC(=O)NCC(C)(C)C)CC2)cc1. The molecule has 3 amide bonds. The van der Waals surface area contributed by atoms with Crippen LogP contribution in [0.1, 0.15) is 44.0 Å². The number of hydrogen-bond acceptors (Lipinski definition) is 3. The van der Waals surface area contributed by atoms with Crippen LogP contribution in [0.4, 0.5) is 4.79 Å². The summed E-state index contributed by atoms with van der Waals surface area (Å²) in [5.41, 5.74) is 0.723. The van der Waals surface area contributed by atoms with E-state index in [1.807, 2.05) is 4.90 Å². The van der Waals surface area contributed by atoms with Crippen molar-refractivity contribution in [1.82, 2.24) is 15.5 Å². The highest BCUT2D eigenvalue weighted by atomic mass is 16.5. The molecule has 2 N–H and O–H groups in total. The summed E-state index contributed by atoms with van der Waals surface area (Å²) in [5, 5.41) is 5.90. The van der Waals surface area contributed by atoms with Gasteiger partial charge >= 0.3 is 6.03 Å². The molecule has 0 aliphatic carbocycles. The molecule has 1 aliphatic rings. The molecule has 0 unspecified atom stereocenters. The third kappa shape index (κ3) is 5.96. The Morgan fingerprint density at radius 2 is 1.76 bits per heavy atom. The van der Waals surface area contributed by atoms with Gasteiger partial charge in [0, 0.05) is 31.2 Å². The van der Waals surface area contributed by atoms with Crippen molar-refractivity contribution in [2.45, 2.75) is 39.7 Å². The zero-order valence-corrected chi connectivity index (χ0v) is 15.6. The van der Waals surface area contributed by atoms with E-state index in [4.69, 9.17) is 4.74 Å². The Labute approximate surface area is 149 Å². The number of hydrogen-bond donors (Lipinski definition) is 2. The van der Waals surface area contributed by atoms with E-state index in [0.29, 0.717) is 25.2 Å². The number of amides is 3. The van der Waals surface area contributed by atoms with Gasteiger partial charge < -0.3 is 20.3 Å². The maximum atomic E-state index is 12.5. The summed E-state index contributed by atoms with van der Waals surface area (Å²) in [5.74, 6) is 0.763. The molecule has 2 rings (SSSR count). The minimum atomic E-state index is -0.130. The molecule has 0 radical (unpaired) electrons. The van der Waals surface area contributed by atoms with E-state index in [1.165, 1.54) is 0 Å². The predicted molar refractivity (Wildman–Crippen MR) is 97.9 cm³/mol. The van der Waals surface area contributed by atoms with Gasteiger partial charge in [0.2, 0.25) is 0 Å². The van der Waals surface area contributed by atoms with Crippen molar-refractivity contribution in [3.05, 3.63) is 29.8 Å². The van der Waals surface area contributed by atoms with Crippen LogP contribution in [-0.4, -0.2) is 49.6 Å². The van der Waals surface area contributed by atoms with Crippen molar-refractivity contribution in [3.63, 3.8) is 0 Å². The largest absolute Gasteiger partial charge is 0.497 e. The first-order valence-electron chi connectivity index (χ1n) is 8.76. The van der Waals surface area contributed by atoms with Crippen molar-refractivity contribution in [3.8, 4) is 5.75 Å². The van der Waals surface area contributed by atoms with Gasteiger partial charge in [-0.15, -0.1) is 0 Å². The molecule has 6 nitrogen and oxygen atoms in total. The lowest BCUT2D eigenvalue weighted by Gasteiger charge is -2.32. The molecular weight excluding hydrogens is 318 g/mol. The molecule has 0 atom stereocenters. The van der Waals surface area contributed by atoms with Crippen molar-refractivity contribution in [2.75, 3.05) is 26.7 Å². The van der Waals surface area contributed by atoms with E-state index in [1.54, 1.807) is 31.4 Å². The molecule has 1 heterocycles. The second-order valence-electron chi connectivity index (χ2n) is 7.68. The first kappa shape index (κ1) is 19.1. The van der Waals surface area contributed by atoms with Gasteiger partial charge in [0.1, 0.15) is 5.75 Å². The normalized spacial score (nSPS) is 15.6. The van der Waals surface area contributed by atoms with Crippen LogP contribution in [0.3, 0.4) is 0 Å². The fourth-order valence-corrected chi connectivity index (χ4v) is 2.72. The number of nitrogens with zero attached hydrogens (tertiary/aromatic N) is 1. The Balaban J connectivity index is 1.78. The van der Waals surface area contributed by atoms with Crippen LogP contribution in [0.5, 0.6) is 5.75 Å². The standard InChI is InChI=1S/C19H29N3O3/c1-19(2,3)13-20-18(24)21-15-9-11-22(12-10-15)17(23)14-5-7-16(25-4)8-6-14/h5-8,15H,9-13H2,1-4H3,(H2,20,21,24). The molecule has 1 fully saturated rings. The Kier molecular flexibility index (Phi) is 6.28. The molecule has 0 aromatic heterocycles. The quantitative estimate of drug-likeness (QED) is 0.880. The monoisotopic (exact) mass is 347 g/mol. The average Bonchev–Trinajstić information content (AvgIpc) is 2.59. The second-order valence-corrected chi connectivity index (χ2v) is 7.68. The molecule has 0 spiro atoms. The van der Waals surface area contributed by atoms with Crippen LogP contribution in [0, 0.1) is 5.41 Å². The summed E-state index contributed by atoms with van der Waals surface area (Å²) in [7, 11) is 1.60. The maximum Gasteiger partial charge on any atom is 0.315 e. The topological polar surface area (TPSA) is 70.7 Å². The summed E-state index contributed by atoms with van der Waals surface area (Å²) in [6.45, 7) is 8.17. The molecule has 1 aliphatic heterocycles. The van der Waals surface area contributed by atoms with Crippen molar-refractivity contribution in [2.24, 2.45) is 5.41 Å². The number of rotatable bonds is 4. The molecule has 1 aromatic carbocycles. The summed E-state index contributed by atoms with van der Waals surface area (Å²) in [6.07, 6.45) is 1.54. The minimum Gasteiger partial charge on any atom is -0.497 e. The fourth-order valence-electron chi connectivity index (χ4n) is 2.72. The van der Waals surface area contributed by atoms with Crippen LogP contribution in [0.15, 0.2) is 24.3 Å². The van der Waals surface area contributed by atoms with Crippen LogP contribution >= 0.6 is 0 Å². The number of likely N-dealkylation sites (tertiary alicyclic amines) is 1. The summed E-state index contributed by atoms with van der Waals surface area (Å²) in [4.78, 5) is 26.3. The number of carbonyl (C=O) groups is 2. The first-order valence-corrected chi connectivity index (χ1v) is 8.76. The zero-order chi connectivity index (χ0) is 18.4. The lowest BCUT2D eigenvalue weighted by atomic mass is 9.97. The van der Waals surface area contributed by atoms with Gasteiger partial charge in [0.15, 0.2) is 0 Å². The highest BCUT2D eigenvalue weighted by Crippen LogP contribution is 2.17. The van der Waals surface area contributed by atoms with E-state index in [2.05, 4.69) is 31.4 Å². The van der Waals surface area contributed by atoms with E-state index < -0.39 is 0 Å². The summed E-state index contributed by atoms with van der Waals surface area (Å²) in [6, 6.07) is 7.13. The maximum absolute atomic E-state index is 12.5. The lowest BCUT2D eigenvalue weighted by Crippen LogP contribution is -2.50. The Bertz CT molecular complexity index is 585. The highest BCUT2D eigenvalue weighted by Gasteiger charge is 2.25. The van der Waals surface area contributed by atoms with Gasteiger partial charge in [-0.3, -0.25) is 4.79 Å². The number of urea groups is 1. The molecular formula is C19H29N3O3. The third-order valence-electron chi connectivity index (χ3n) is 4.23. The van der Waals surface area contributed by atoms with Crippen LogP contribution in [-0.2, 0) is 0 Å². The fraction of sp³-hybridized carbons (Fsp3) is 0.579. The Hall–Kier alpha value is -2.24. The number of ether oxygens (including phenoxy) is 1. The second kappa shape index (κ2) is 8.23. The number of methoxy groups -OCH3 is 1. The summed E-state index contributed by atoms with van der Waals surface area (Å²) >= 11 is 0. The third-order valence-corrected chi connectivity index (χ3v) is 4.23. The molecule has 0 bridgehead atoms. The van der Waals surface area contributed by atoms with Crippen LogP contribution in [0.2, 0.25) is 0 Å². The molecule has 1 saturated heterocycles. The number of nitrogens with one attached hydrogen (secondary N) is 2.